The Balaban J connectivity index is 1.91. The molecule has 3 fully saturated rings. The Bertz CT molecular complexity index is 1440. The summed E-state index contributed by atoms with van der Waals surface area (Å²) in [5, 5.41) is 0. The lowest BCUT2D eigenvalue weighted by Crippen LogP contribution is -2.45. The quantitative estimate of drug-likeness (QED) is 0.235. The Labute approximate surface area is 283 Å². The van der Waals surface area contributed by atoms with Gasteiger partial charge >= 0.3 is 18.1 Å². The van der Waals surface area contributed by atoms with Crippen LogP contribution in [0.15, 0.2) is 38.0 Å². The molecule has 0 aliphatic carbocycles. The molecule has 3 aliphatic rings. The van der Waals surface area contributed by atoms with E-state index in [2.05, 4.69) is 19.7 Å². The summed E-state index contributed by atoms with van der Waals surface area (Å²) in [6, 6.07) is -1.35. The van der Waals surface area contributed by atoms with Gasteiger partial charge in [-0.25, -0.2) is 14.4 Å². The normalized spacial score (nSPS) is 20.2. The fraction of sp³-hybridized carbons (Fsp3) is 0.500. The second kappa shape index (κ2) is 12.4. The van der Waals surface area contributed by atoms with Crippen molar-refractivity contribution in [3.05, 3.63) is 71.3 Å². The molecule has 0 spiro atoms. The van der Waals surface area contributed by atoms with Crippen LogP contribution in [0.2, 0.25) is 0 Å². The van der Waals surface area contributed by atoms with Crippen LogP contribution in [0.25, 0.3) is 0 Å². The van der Waals surface area contributed by atoms with Crippen molar-refractivity contribution in [2.75, 3.05) is 19.6 Å². The molecule has 12 heteroatoms. The zero-order chi connectivity index (χ0) is 36.3. The first-order valence-corrected chi connectivity index (χ1v) is 16.1. The first-order chi connectivity index (χ1) is 22.2. The van der Waals surface area contributed by atoms with Gasteiger partial charge in [-0.2, -0.15) is 0 Å². The average Bonchev–Trinajstić information content (AvgIpc) is 3.35. The van der Waals surface area contributed by atoms with Crippen LogP contribution in [-0.4, -0.2) is 101 Å². The number of amides is 9. The van der Waals surface area contributed by atoms with Crippen LogP contribution in [-0.2, 0) is 34.0 Å². The highest BCUT2D eigenvalue weighted by atomic mass is 16.2. The molecule has 0 N–H and O–H groups in total. The fourth-order valence-corrected chi connectivity index (χ4v) is 6.99. The number of rotatable bonds is 12. The molecule has 0 aromatic heterocycles. The van der Waals surface area contributed by atoms with Gasteiger partial charge in [0, 0.05) is 39.3 Å². The van der Waals surface area contributed by atoms with Crippen LogP contribution < -0.4 is 0 Å². The summed E-state index contributed by atoms with van der Waals surface area (Å²) in [6.07, 6.45) is 4.52. The Kier molecular flexibility index (Phi) is 9.30. The highest BCUT2D eigenvalue weighted by Gasteiger charge is 2.53. The van der Waals surface area contributed by atoms with E-state index in [1.807, 2.05) is 20.8 Å². The van der Waals surface area contributed by atoms with Crippen molar-refractivity contribution in [1.82, 2.24) is 29.4 Å². The SMILES string of the molecule is C=CCN1C(=O)N(Cc2c(C)c(CN3C(=O)N(CC=C)C(=O)C3(C)C)c(C)c(CN3C(=O)N(CC=C)C(=O)C3(C)C)c2C)C(C)(C)C1=O. The number of nitrogens with zero attached hydrogens (tertiary/aromatic N) is 6. The molecule has 9 amide bonds. The molecular weight excluding hydrogens is 612 g/mol. The number of benzene rings is 1. The van der Waals surface area contributed by atoms with E-state index in [0.29, 0.717) is 0 Å². The van der Waals surface area contributed by atoms with Gasteiger partial charge in [-0.1, -0.05) is 18.2 Å². The third kappa shape index (κ3) is 5.31. The summed E-state index contributed by atoms with van der Waals surface area (Å²) < 4.78 is 0. The number of imide groups is 3. The number of carbonyl (C=O) groups is 6. The lowest BCUT2D eigenvalue weighted by molar-refractivity contribution is -0.132. The Morgan fingerprint density at radius 1 is 0.458 bits per heavy atom. The number of hydrogen-bond donors (Lipinski definition) is 0. The van der Waals surface area contributed by atoms with Crippen LogP contribution in [0, 0.1) is 20.8 Å². The molecule has 1 aromatic rings. The summed E-state index contributed by atoms with van der Waals surface area (Å²) in [7, 11) is 0. The summed E-state index contributed by atoms with van der Waals surface area (Å²) in [5.74, 6) is -1.03. The standard InChI is InChI=1S/C36H48N6O6/c1-13-16-37-28(43)34(7,8)40(31(37)46)19-25-22(4)26(20-41-32(47)38(17-14-2)29(44)35(41,9)10)24(6)27(23(25)5)21-42-33(48)39(18-15-3)30(45)36(42,11)12/h13-15H,1-3,16-21H2,4-12H3. The third-order valence-corrected chi connectivity index (χ3v) is 10.3. The topological polar surface area (TPSA) is 122 Å². The summed E-state index contributed by atoms with van der Waals surface area (Å²) in [4.78, 5) is 89.0. The van der Waals surface area contributed by atoms with Crippen molar-refractivity contribution >= 4 is 35.8 Å². The monoisotopic (exact) mass is 660 g/mol. The molecule has 3 heterocycles. The molecule has 0 saturated carbocycles. The zero-order valence-corrected chi connectivity index (χ0v) is 29.7. The number of hydrogen-bond acceptors (Lipinski definition) is 6. The van der Waals surface area contributed by atoms with Gasteiger partial charge in [0.2, 0.25) is 0 Å². The predicted octanol–water partition coefficient (Wildman–Crippen LogP) is 4.80. The van der Waals surface area contributed by atoms with Gasteiger partial charge in [0.1, 0.15) is 16.6 Å². The van der Waals surface area contributed by atoms with Crippen LogP contribution in [0.3, 0.4) is 0 Å². The van der Waals surface area contributed by atoms with Crippen molar-refractivity contribution < 1.29 is 28.8 Å². The maximum absolute atomic E-state index is 13.6. The van der Waals surface area contributed by atoms with Crippen LogP contribution in [0.1, 0.15) is 74.9 Å². The molecule has 3 aliphatic heterocycles. The van der Waals surface area contributed by atoms with E-state index in [1.165, 1.54) is 47.6 Å². The molecule has 0 unspecified atom stereocenters. The minimum absolute atomic E-state index is 0.0703. The highest BCUT2D eigenvalue weighted by Crippen LogP contribution is 2.39. The first kappa shape index (κ1) is 36.1. The van der Waals surface area contributed by atoms with E-state index in [1.54, 1.807) is 41.5 Å². The van der Waals surface area contributed by atoms with Gasteiger partial charge in [0.25, 0.3) is 17.7 Å². The van der Waals surface area contributed by atoms with Gasteiger partial charge < -0.3 is 14.7 Å². The molecule has 0 radical (unpaired) electrons. The first-order valence-electron chi connectivity index (χ1n) is 16.1. The molecule has 258 valence electrons. The van der Waals surface area contributed by atoms with E-state index in [4.69, 9.17) is 0 Å². The molecule has 0 bridgehead atoms. The molecule has 0 atom stereocenters. The van der Waals surface area contributed by atoms with Gasteiger partial charge in [0.15, 0.2) is 0 Å². The second-order valence-corrected chi connectivity index (χ2v) is 14.2. The molecule has 1 aromatic carbocycles. The van der Waals surface area contributed by atoms with Crippen LogP contribution >= 0.6 is 0 Å². The molecule has 4 rings (SSSR count). The van der Waals surface area contributed by atoms with E-state index in [0.717, 1.165) is 33.4 Å². The van der Waals surface area contributed by atoms with E-state index in [-0.39, 0.29) is 57.0 Å². The summed E-state index contributed by atoms with van der Waals surface area (Å²) in [6.45, 7) is 27.4. The largest absolute Gasteiger partial charge is 0.328 e. The maximum Gasteiger partial charge on any atom is 0.328 e. The lowest BCUT2D eigenvalue weighted by atomic mass is 9.86. The lowest BCUT2D eigenvalue weighted by Gasteiger charge is -2.35. The minimum atomic E-state index is -1.15. The van der Waals surface area contributed by atoms with E-state index >= 15 is 0 Å². The van der Waals surface area contributed by atoms with Crippen LogP contribution in [0.5, 0.6) is 0 Å². The van der Waals surface area contributed by atoms with Crippen molar-refractivity contribution in [2.45, 2.75) is 98.6 Å². The molecule has 12 nitrogen and oxygen atoms in total. The molecule has 48 heavy (non-hydrogen) atoms. The fourth-order valence-electron chi connectivity index (χ4n) is 6.99. The molecular formula is C36H48N6O6. The van der Waals surface area contributed by atoms with Crippen molar-refractivity contribution in [3.8, 4) is 0 Å². The van der Waals surface area contributed by atoms with Gasteiger partial charge in [-0.05, 0) is 95.7 Å². The highest BCUT2D eigenvalue weighted by molar-refractivity contribution is 6.08. The second-order valence-electron chi connectivity index (χ2n) is 14.2. The maximum atomic E-state index is 13.6. The van der Waals surface area contributed by atoms with Gasteiger partial charge in [-0.3, -0.25) is 29.1 Å². The Morgan fingerprint density at radius 3 is 0.854 bits per heavy atom. The van der Waals surface area contributed by atoms with Crippen LogP contribution in [0.4, 0.5) is 14.4 Å². The number of carbonyl (C=O) groups excluding carboxylic acids is 6. The van der Waals surface area contributed by atoms with E-state index < -0.39 is 34.7 Å². The Morgan fingerprint density at radius 2 is 0.667 bits per heavy atom. The van der Waals surface area contributed by atoms with Crippen molar-refractivity contribution in [1.29, 1.82) is 0 Å². The smallest absolute Gasteiger partial charge is 0.306 e. The average molecular weight is 661 g/mol. The molecule has 3 saturated heterocycles. The summed E-state index contributed by atoms with van der Waals surface area (Å²) in [5.41, 5.74) is 1.16. The van der Waals surface area contributed by atoms with E-state index in [9.17, 15) is 28.8 Å². The number of urea groups is 3. The van der Waals surface area contributed by atoms with Crippen molar-refractivity contribution in [2.24, 2.45) is 0 Å². The van der Waals surface area contributed by atoms with Gasteiger partial charge in [0.05, 0.1) is 0 Å². The minimum Gasteiger partial charge on any atom is -0.306 e. The van der Waals surface area contributed by atoms with Gasteiger partial charge in [-0.15, -0.1) is 19.7 Å². The Hall–Kier alpha value is -4.74. The predicted molar refractivity (Wildman–Crippen MR) is 181 cm³/mol. The zero-order valence-electron chi connectivity index (χ0n) is 29.7. The third-order valence-electron chi connectivity index (χ3n) is 10.3. The van der Waals surface area contributed by atoms with Crippen molar-refractivity contribution in [3.63, 3.8) is 0 Å². The summed E-state index contributed by atoms with van der Waals surface area (Å²) >= 11 is 0.